The molecule has 1 N–H and O–H groups in total. The first-order chi connectivity index (χ1) is 19.8. The van der Waals surface area contributed by atoms with Gasteiger partial charge in [0.15, 0.2) is 11.5 Å². The van der Waals surface area contributed by atoms with Gasteiger partial charge in [-0.2, -0.15) is 0 Å². The largest absolute Gasteiger partial charge is 0.454 e. The number of carbonyl (C=O) groups is 3. The second-order valence-corrected chi connectivity index (χ2v) is 11.2. The number of benzene rings is 3. The number of piperidine rings is 1. The van der Waals surface area contributed by atoms with Crippen LogP contribution in [-0.4, -0.2) is 66.2 Å². The van der Waals surface area contributed by atoms with E-state index in [9.17, 15) is 14.4 Å². The van der Waals surface area contributed by atoms with Crippen LogP contribution in [0.2, 0.25) is 10.0 Å². The molecule has 0 saturated carbocycles. The summed E-state index contributed by atoms with van der Waals surface area (Å²) in [5.74, 6) is 0.776. The normalized spacial score (nSPS) is 17.3. The predicted octanol–water partition coefficient (Wildman–Crippen LogP) is 4.32. The number of hydrogen-bond donors (Lipinski definition) is 1. The van der Waals surface area contributed by atoms with E-state index in [1.807, 2.05) is 48.5 Å². The third-order valence-electron chi connectivity index (χ3n) is 7.83. The van der Waals surface area contributed by atoms with Crippen LogP contribution < -0.4 is 19.7 Å². The number of carbonyl (C=O) groups excluding carboxylic acids is 3. The molecule has 3 aromatic rings. The number of anilines is 1. The molecule has 3 aliphatic rings. The van der Waals surface area contributed by atoms with Gasteiger partial charge in [0.25, 0.3) is 11.8 Å². The maximum atomic E-state index is 14.0. The molecule has 0 aromatic heterocycles. The number of amides is 3. The van der Waals surface area contributed by atoms with Gasteiger partial charge < -0.3 is 29.5 Å². The van der Waals surface area contributed by atoms with Crippen LogP contribution in [0.15, 0.2) is 66.7 Å². The molecular weight excluding hydrogens is 567 g/mol. The van der Waals surface area contributed by atoms with Crippen molar-refractivity contribution in [2.24, 2.45) is 0 Å². The Kier molecular flexibility index (Phi) is 7.40. The lowest BCUT2D eigenvalue weighted by atomic mass is 9.85. The van der Waals surface area contributed by atoms with Gasteiger partial charge in [-0.25, -0.2) is 0 Å². The van der Waals surface area contributed by atoms with E-state index in [1.54, 1.807) is 28.0 Å². The highest BCUT2D eigenvalue weighted by atomic mass is 35.5. The topological polar surface area (TPSA) is 91.4 Å². The minimum absolute atomic E-state index is 0.0713. The first kappa shape index (κ1) is 27.2. The number of fused-ring (bicyclic) bond motifs is 1. The monoisotopic (exact) mass is 594 g/mol. The number of ether oxygens (including phenoxy) is 2. The number of nitrogens with zero attached hydrogens (tertiary/aromatic N) is 3. The summed E-state index contributed by atoms with van der Waals surface area (Å²) >= 11 is 12.2. The molecule has 2 saturated heterocycles. The van der Waals surface area contributed by atoms with E-state index in [4.69, 9.17) is 32.7 Å². The number of rotatable bonds is 6. The molecule has 3 heterocycles. The fourth-order valence-corrected chi connectivity index (χ4v) is 6.27. The van der Waals surface area contributed by atoms with Gasteiger partial charge in [0.1, 0.15) is 12.1 Å². The molecule has 0 aliphatic carbocycles. The van der Waals surface area contributed by atoms with Crippen LogP contribution >= 0.6 is 23.2 Å². The molecule has 9 nitrogen and oxygen atoms in total. The summed E-state index contributed by atoms with van der Waals surface area (Å²) in [6, 6.07) is 20.0. The third-order valence-corrected chi connectivity index (χ3v) is 8.27. The SMILES string of the molecule is O=C(CN1CN(c2ccccc2)C2(CCN(C(=O)c3cc(Cl)cc(Cl)c3)CC2)C1=O)NCc1ccc2c(c1)OCO2. The molecule has 0 radical (unpaired) electrons. The highest BCUT2D eigenvalue weighted by Gasteiger charge is 2.54. The maximum Gasteiger partial charge on any atom is 0.253 e. The van der Waals surface area contributed by atoms with E-state index < -0.39 is 5.54 Å². The van der Waals surface area contributed by atoms with Crippen molar-refractivity contribution in [1.82, 2.24) is 15.1 Å². The Morgan fingerprint density at radius 1 is 0.902 bits per heavy atom. The van der Waals surface area contributed by atoms with Crippen molar-refractivity contribution in [2.45, 2.75) is 24.9 Å². The minimum Gasteiger partial charge on any atom is -0.454 e. The van der Waals surface area contributed by atoms with Crippen LogP contribution in [-0.2, 0) is 16.1 Å². The third kappa shape index (κ3) is 5.39. The van der Waals surface area contributed by atoms with Gasteiger partial charge in [-0.15, -0.1) is 0 Å². The zero-order chi connectivity index (χ0) is 28.6. The number of nitrogens with one attached hydrogen (secondary N) is 1. The average Bonchev–Trinajstić information content (AvgIpc) is 3.55. The van der Waals surface area contributed by atoms with Crippen LogP contribution in [0.25, 0.3) is 0 Å². The van der Waals surface area contributed by atoms with Crippen LogP contribution in [0.1, 0.15) is 28.8 Å². The summed E-state index contributed by atoms with van der Waals surface area (Å²) in [6.45, 7) is 1.44. The van der Waals surface area contributed by atoms with E-state index in [1.165, 1.54) is 0 Å². The second-order valence-electron chi connectivity index (χ2n) is 10.4. The van der Waals surface area contributed by atoms with Gasteiger partial charge in [0, 0.05) is 40.9 Å². The summed E-state index contributed by atoms with van der Waals surface area (Å²) in [5.41, 5.74) is 1.32. The maximum absolute atomic E-state index is 14.0. The Labute approximate surface area is 247 Å². The Morgan fingerprint density at radius 3 is 2.34 bits per heavy atom. The van der Waals surface area contributed by atoms with E-state index in [0.717, 1.165) is 11.3 Å². The Bertz CT molecular complexity index is 1470. The summed E-state index contributed by atoms with van der Waals surface area (Å²) in [5, 5.41) is 3.69. The standard InChI is InChI=1S/C30H28Cl2N4O5/c31-22-13-21(14-23(32)15-22)28(38)34-10-8-30(9-11-34)29(39)35(18-36(30)24-4-2-1-3-5-24)17-27(37)33-16-20-6-7-25-26(12-20)41-19-40-25/h1-7,12-15H,8-11,16-19H2,(H,33,37). The molecule has 3 amide bonds. The van der Waals surface area contributed by atoms with Gasteiger partial charge >= 0.3 is 0 Å². The molecular formula is C30H28Cl2N4O5. The molecule has 3 aliphatic heterocycles. The quantitative estimate of drug-likeness (QED) is 0.457. The van der Waals surface area contributed by atoms with Crippen LogP contribution in [0, 0.1) is 0 Å². The zero-order valence-corrected chi connectivity index (χ0v) is 23.7. The summed E-state index contributed by atoms with van der Waals surface area (Å²) in [4.78, 5) is 45.6. The van der Waals surface area contributed by atoms with E-state index in [-0.39, 0.29) is 37.7 Å². The van der Waals surface area contributed by atoms with Crippen molar-refractivity contribution in [3.05, 3.63) is 87.9 Å². The number of hydrogen-bond acceptors (Lipinski definition) is 6. The number of likely N-dealkylation sites (tertiary alicyclic amines) is 1. The van der Waals surface area contributed by atoms with Crippen molar-refractivity contribution < 1.29 is 23.9 Å². The molecule has 212 valence electrons. The predicted molar refractivity (Wildman–Crippen MR) is 154 cm³/mol. The molecule has 0 atom stereocenters. The average molecular weight is 595 g/mol. The van der Waals surface area contributed by atoms with Crippen molar-refractivity contribution >= 4 is 46.6 Å². The van der Waals surface area contributed by atoms with Gasteiger partial charge in [0.05, 0.1) is 6.67 Å². The van der Waals surface area contributed by atoms with Crippen LogP contribution in [0.5, 0.6) is 11.5 Å². The van der Waals surface area contributed by atoms with Crippen LogP contribution in [0.4, 0.5) is 5.69 Å². The first-order valence-electron chi connectivity index (χ1n) is 13.4. The second kappa shape index (κ2) is 11.1. The smallest absolute Gasteiger partial charge is 0.253 e. The van der Waals surface area contributed by atoms with E-state index >= 15 is 0 Å². The summed E-state index contributed by atoms with van der Waals surface area (Å²) in [7, 11) is 0. The lowest BCUT2D eigenvalue weighted by Gasteiger charge is -2.43. The van der Waals surface area contributed by atoms with E-state index in [2.05, 4.69) is 10.2 Å². The molecule has 11 heteroatoms. The molecule has 3 aromatic carbocycles. The van der Waals surface area contributed by atoms with Crippen molar-refractivity contribution in [1.29, 1.82) is 0 Å². The Balaban J connectivity index is 1.15. The highest BCUT2D eigenvalue weighted by molar-refractivity contribution is 6.35. The first-order valence-corrected chi connectivity index (χ1v) is 14.1. The molecule has 41 heavy (non-hydrogen) atoms. The van der Waals surface area contributed by atoms with E-state index in [0.29, 0.717) is 59.6 Å². The van der Waals surface area contributed by atoms with Crippen molar-refractivity contribution in [2.75, 3.05) is 38.0 Å². The van der Waals surface area contributed by atoms with Crippen molar-refractivity contribution in [3.8, 4) is 11.5 Å². The molecule has 6 rings (SSSR count). The lowest BCUT2D eigenvalue weighted by molar-refractivity contribution is -0.137. The zero-order valence-electron chi connectivity index (χ0n) is 22.1. The van der Waals surface area contributed by atoms with Gasteiger partial charge in [-0.05, 0) is 60.9 Å². The fourth-order valence-electron chi connectivity index (χ4n) is 5.74. The van der Waals surface area contributed by atoms with Gasteiger partial charge in [0.2, 0.25) is 12.7 Å². The minimum atomic E-state index is -0.859. The molecule has 2 fully saturated rings. The molecule has 1 spiro atoms. The summed E-state index contributed by atoms with van der Waals surface area (Å²) in [6.07, 6.45) is 0.853. The van der Waals surface area contributed by atoms with Gasteiger partial charge in [-0.3, -0.25) is 14.4 Å². The van der Waals surface area contributed by atoms with Crippen LogP contribution in [0.3, 0.4) is 0 Å². The highest BCUT2D eigenvalue weighted by Crippen LogP contribution is 2.40. The van der Waals surface area contributed by atoms with Crippen molar-refractivity contribution in [3.63, 3.8) is 0 Å². The molecule has 0 unspecified atom stereocenters. The fraction of sp³-hybridized carbons (Fsp3) is 0.300. The Hall–Kier alpha value is -3.95. The summed E-state index contributed by atoms with van der Waals surface area (Å²) < 4.78 is 10.8. The number of para-hydroxylation sites is 1. The lowest BCUT2D eigenvalue weighted by Crippen LogP contribution is -2.57. The number of halogens is 2. The Morgan fingerprint density at radius 2 is 1.61 bits per heavy atom. The molecule has 0 bridgehead atoms. The van der Waals surface area contributed by atoms with Gasteiger partial charge in [-0.1, -0.05) is 47.5 Å².